The van der Waals surface area contributed by atoms with E-state index in [0.717, 1.165) is 50.8 Å². The number of likely N-dealkylation sites (tertiary alicyclic amines) is 2. The zero-order valence-electron chi connectivity index (χ0n) is 16.4. The molecule has 3 rings (SSSR count). The molecule has 1 aromatic carbocycles. The van der Waals surface area contributed by atoms with Crippen molar-refractivity contribution in [2.24, 2.45) is 5.41 Å². The number of hydrogen-bond donors (Lipinski definition) is 0. The number of nitrogens with zero attached hydrogens (tertiary/aromatic N) is 2. The summed E-state index contributed by atoms with van der Waals surface area (Å²) in [6, 6.07) is 3.02. The van der Waals surface area contributed by atoms with Crippen LogP contribution in [0.15, 0.2) is 18.2 Å². The third kappa shape index (κ3) is 4.80. The molecule has 2 saturated heterocycles. The average Bonchev–Trinajstić information content (AvgIpc) is 2.68. The molecule has 2 amide bonds. The van der Waals surface area contributed by atoms with Gasteiger partial charge in [-0.25, -0.2) is 8.78 Å². The predicted molar refractivity (Wildman–Crippen MR) is 101 cm³/mol. The lowest BCUT2D eigenvalue weighted by atomic mass is 9.73. The highest BCUT2D eigenvalue weighted by Gasteiger charge is 2.42. The lowest BCUT2D eigenvalue weighted by Crippen LogP contribution is -2.55. The smallest absolute Gasteiger partial charge is 0.260 e. The van der Waals surface area contributed by atoms with Gasteiger partial charge in [-0.2, -0.15) is 0 Å². The van der Waals surface area contributed by atoms with Crippen LogP contribution >= 0.6 is 0 Å². The van der Waals surface area contributed by atoms with Crippen molar-refractivity contribution in [3.05, 3.63) is 29.8 Å². The Balaban J connectivity index is 1.59. The van der Waals surface area contributed by atoms with Crippen molar-refractivity contribution < 1.29 is 23.1 Å². The molecule has 0 saturated carbocycles. The molecule has 1 aromatic rings. The topological polar surface area (TPSA) is 49.9 Å². The number of halogens is 2. The van der Waals surface area contributed by atoms with Gasteiger partial charge in [0.25, 0.3) is 5.91 Å². The number of carbonyl (C=O) groups is 2. The van der Waals surface area contributed by atoms with E-state index in [4.69, 9.17) is 4.74 Å². The van der Waals surface area contributed by atoms with E-state index < -0.39 is 11.6 Å². The van der Waals surface area contributed by atoms with Gasteiger partial charge in [-0.15, -0.1) is 0 Å². The minimum atomic E-state index is -0.819. The summed E-state index contributed by atoms with van der Waals surface area (Å²) in [6.07, 6.45) is 5.24. The van der Waals surface area contributed by atoms with Crippen LogP contribution in [-0.4, -0.2) is 54.4 Å². The Morgan fingerprint density at radius 2 is 2.07 bits per heavy atom. The van der Waals surface area contributed by atoms with E-state index >= 15 is 0 Å². The summed E-state index contributed by atoms with van der Waals surface area (Å²) in [5.74, 6) is -1.64. The normalized spacial score (nSPS) is 22.6. The summed E-state index contributed by atoms with van der Waals surface area (Å²) in [5.41, 5.74) is -0.0588. The third-order valence-corrected chi connectivity index (χ3v) is 5.79. The van der Waals surface area contributed by atoms with Crippen LogP contribution in [0.5, 0.6) is 5.75 Å². The van der Waals surface area contributed by atoms with Crippen molar-refractivity contribution in [3.63, 3.8) is 0 Å². The van der Waals surface area contributed by atoms with E-state index in [-0.39, 0.29) is 29.6 Å². The van der Waals surface area contributed by atoms with E-state index in [0.29, 0.717) is 26.1 Å². The molecule has 1 unspecified atom stereocenters. The third-order valence-electron chi connectivity index (χ3n) is 5.79. The van der Waals surface area contributed by atoms with Gasteiger partial charge < -0.3 is 14.5 Å². The molecule has 0 aliphatic carbocycles. The molecule has 154 valence electrons. The number of benzene rings is 1. The van der Waals surface area contributed by atoms with Gasteiger partial charge in [-0.05, 0) is 37.8 Å². The number of carbonyl (C=O) groups excluding carboxylic acids is 2. The van der Waals surface area contributed by atoms with E-state index in [9.17, 15) is 18.4 Å². The quantitative estimate of drug-likeness (QED) is 0.743. The number of amides is 2. The molecule has 0 radical (unpaired) electrons. The fourth-order valence-electron chi connectivity index (χ4n) is 4.23. The second kappa shape index (κ2) is 8.88. The van der Waals surface area contributed by atoms with Gasteiger partial charge in [0, 0.05) is 44.1 Å². The van der Waals surface area contributed by atoms with E-state index in [2.05, 4.69) is 6.92 Å². The Morgan fingerprint density at radius 3 is 2.82 bits per heavy atom. The number of piperidine rings is 2. The van der Waals surface area contributed by atoms with Crippen LogP contribution in [0.3, 0.4) is 0 Å². The standard InChI is InChI=1S/C21H28F2N2O3/c1-2-3-10-24-14-21(9-7-19(24)26)8-4-11-25(15-21)20(27)13-28-18-6-5-16(22)12-17(18)23/h5-6,12H,2-4,7-11,13-15H2,1H3. The average molecular weight is 394 g/mol. The Hall–Kier alpha value is -2.18. The second-order valence-electron chi connectivity index (χ2n) is 7.95. The van der Waals surface area contributed by atoms with Crippen LogP contribution in [-0.2, 0) is 9.59 Å². The fourth-order valence-corrected chi connectivity index (χ4v) is 4.23. The maximum atomic E-state index is 13.7. The van der Waals surface area contributed by atoms with E-state index in [1.54, 1.807) is 4.90 Å². The number of ether oxygens (including phenoxy) is 1. The number of hydrogen-bond acceptors (Lipinski definition) is 3. The first kappa shape index (κ1) is 20.6. The first-order valence-corrected chi connectivity index (χ1v) is 10.1. The van der Waals surface area contributed by atoms with Gasteiger partial charge in [-0.1, -0.05) is 13.3 Å². The summed E-state index contributed by atoms with van der Waals surface area (Å²) >= 11 is 0. The molecule has 2 aliphatic heterocycles. The molecule has 2 aliphatic rings. The molecular formula is C21H28F2N2O3. The van der Waals surface area contributed by atoms with Crippen LogP contribution in [0.1, 0.15) is 45.4 Å². The van der Waals surface area contributed by atoms with Crippen molar-refractivity contribution in [1.29, 1.82) is 0 Å². The minimum Gasteiger partial charge on any atom is -0.481 e. The zero-order chi connectivity index (χ0) is 20.1. The lowest BCUT2D eigenvalue weighted by Gasteiger charge is -2.48. The molecule has 2 heterocycles. The highest BCUT2D eigenvalue weighted by atomic mass is 19.1. The van der Waals surface area contributed by atoms with Crippen LogP contribution in [0.4, 0.5) is 8.78 Å². The van der Waals surface area contributed by atoms with E-state index in [1.165, 1.54) is 6.07 Å². The Kier molecular flexibility index (Phi) is 6.52. The molecule has 1 atom stereocenters. The van der Waals surface area contributed by atoms with Gasteiger partial charge >= 0.3 is 0 Å². The zero-order valence-corrected chi connectivity index (χ0v) is 16.4. The largest absolute Gasteiger partial charge is 0.481 e. The van der Waals surface area contributed by atoms with Crippen molar-refractivity contribution in [2.45, 2.75) is 45.4 Å². The summed E-state index contributed by atoms with van der Waals surface area (Å²) in [4.78, 5) is 28.5. The maximum absolute atomic E-state index is 13.7. The molecule has 7 heteroatoms. The highest BCUT2D eigenvalue weighted by molar-refractivity contribution is 5.79. The Morgan fingerprint density at radius 1 is 1.25 bits per heavy atom. The summed E-state index contributed by atoms with van der Waals surface area (Å²) in [6.45, 7) is 4.53. The van der Waals surface area contributed by atoms with Gasteiger partial charge in [0.05, 0.1) is 0 Å². The predicted octanol–water partition coefficient (Wildman–Crippen LogP) is 3.37. The Labute approximate surface area is 164 Å². The van der Waals surface area contributed by atoms with E-state index in [1.807, 2.05) is 4.90 Å². The van der Waals surface area contributed by atoms with Gasteiger partial charge in [0.15, 0.2) is 18.2 Å². The molecule has 0 N–H and O–H groups in total. The first-order valence-electron chi connectivity index (χ1n) is 10.1. The van der Waals surface area contributed by atoms with Crippen molar-refractivity contribution >= 4 is 11.8 Å². The SMILES string of the molecule is CCCCN1CC2(CCCN(C(=O)COc3ccc(F)cc3F)C2)CCC1=O. The van der Waals surface area contributed by atoms with Crippen molar-refractivity contribution in [3.8, 4) is 5.75 Å². The van der Waals surface area contributed by atoms with Crippen LogP contribution in [0, 0.1) is 17.0 Å². The Bertz CT molecular complexity index is 728. The molecule has 2 fully saturated rings. The molecule has 0 bridgehead atoms. The molecular weight excluding hydrogens is 366 g/mol. The number of rotatable bonds is 6. The van der Waals surface area contributed by atoms with Crippen LogP contribution in [0.2, 0.25) is 0 Å². The van der Waals surface area contributed by atoms with Crippen molar-refractivity contribution in [2.75, 3.05) is 32.8 Å². The molecule has 5 nitrogen and oxygen atoms in total. The summed E-state index contributed by atoms with van der Waals surface area (Å²) in [5, 5.41) is 0. The summed E-state index contributed by atoms with van der Waals surface area (Å²) in [7, 11) is 0. The molecule has 28 heavy (non-hydrogen) atoms. The second-order valence-corrected chi connectivity index (χ2v) is 7.95. The van der Waals surface area contributed by atoms with Crippen LogP contribution < -0.4 is 4.74 Å². The first-order chi connectivity index (χ1) is 13.4. The van der Waals surface area contributed by atoms with Gasteiger partial charge in [0.1, 0.15) is 5.82 Å². The molecule has 0 aromatic heterocycles. The number of unbranched alkanes of at least 4 members (excludes halogenated alkanes) is 1. The van der Waals surface area contributed by atoms with Crippen LogP contribution in [0.25, 0.3) is 0 Å². The van der Waals surface area contributed by atoms with Gasteiger partial charge in [-0.3, -0.25) is 9.59 Å². The monoisotopic (exact) mass is 394 g/mol. The summed E-state index contributed by atoms with van der Waals surface area (Å²) < 4.78 is 31.9. The highest BCUT2D eigenvalue weighted by Crippen LogP contribution is 2.39. The van der Waals surface area contributed by atoms with Gasteiger partial charge in [0.2, 0.25) is 5.91 Å². The lowest BCUT2D eigenvalue weighted by molar-refractivity contribution is -0.144. The minimum absolute atomic E-state index is 0.0588. The van der Waals surface area contributed by atoms with Crippen molar-refractivity contribution in [1.82, 2.24) is 9.80 Å². The maximum Gasteiger partial charge on any atom is 0.260 e. The molecule has 1 spiro atoms. The fraction of sp³-hybridized carbons (Fsp3) is 0.619.